The number of aryl methyl sites for hydroxylation is 1. The van der Waals surface area contributed by atoms with Gasteiger partial charge in [-0.05, 0) is 56.9 Å². The van der Waals surface area contributed by atoms with Crippen molar-refractivity contribution in [2.45, 2.75) is 26.6 Å². The van der Waals surface area contributed by atoms with Gasteiger partial charge in [0.2, 0.25) is 5.89 Å². The number of nitrogens with zero attached hydrogens (tertiary/aromatic N) is 4. The maximum Gasteiger partial charge on any atom is 0.288 e. The molecular weight excluding hydrogens is 376 g/mol. The lowest BCUT2D eigenvalue weighted by Gasteiger charge is -2.22. The van der Waals surface area contributed by atoms with Crippen LogP contribution >= 0.6 is 23.6 Å². The highest BCUT2D eigenvalue weighted by molar-refractivity contribution is 7.71. The average Bonchev–Trinajstić information content (AvgIpc) is 3.25. The summed E-state index contributed by atoms with van der Waals surface area (Å²) in [6.45, 7) is 4.71. The molecule has 27 heavy (non-hydrogen) atoms. The number of rotatable bonds is 5. The van der Waals surface area contributed by atoms with Crippen LogP contribution in [-0.2, 0) is 6.67 Å². The van der Waals surface area contributed by atoms with Crippen molar-refractivity contribution in [1.29, 1.82) is 0 Å². The number of hydrogen-bond donors (Lipinski definition) is 0. The van der Waals surface area contributed by atoms with E-state index in [2.05, 4.69) is 23.0 Å². The van der Waals surface area contributed by atoms with Crippen LogP contribution in [-0.4, -0.2) is 26.7 Å². The second-order valence-electron chi connectivity index (χ2n) is 6.58. The fourth-order valence-electron chi connectivity index (χ4n) is 2.91. The Bertz CT molecular complexity index is 1110. The molecule has 1 atom stereocenters. The van der Waals surface area contributed by atoms with Crippen molar-refractivity contribution in [2.24, 2.45) is 0 Å². The van der Waals surface area contributed by atoms with Gasteiger partial charge >= 0.3 is 0 Å². The first-order valence-corrected chi connectivity index (χ1v) is 9.95. The molecule has 5 nitrogen and oxygen atoms in total. The minimum atomic E-state index is 0.142. The van der Waals surface area contributed by atoms with E-state index < -0.39 is 0 Å². The van der Waals surface area contributed by atoms with Crippen LogP contribution in [0, 0.1) is 11.8 Å². The summed E-state index contributed by atoms with van der Waals surface area (Å²) in [4.78, 5) is 7.30. The Morgan fingerprint density at radius 3 is 2.70 bits per heavy atom. The molecule has 2 heterocycles. The van der Waals surface area contributed by atoms with Crippen molar-refractivity contribution in [3.05, 3.63) is 63.9 Å². The van der Waals surface area contributed by atoms with E-state index in [0.29, 0.717) is 17.4 Å². The van der Waals surface area contributed by atoms with E-state index in [1.165, 1.54) is 4.70 Å². The van der Waals surface area contributed by atoms with E-state index >= 15 is 0 Å². The molecule has 0 radical (unpaired) electrons. The molecule has 4 aromatic rings. The van der Waals surface area contributed by atoms with Crippen LogP contribution in [0.3, 0.4) is 0 Å². The first-order valence-electron chi connectivity index (χ1n) is 8.72. The molecule has 0 aliphatic heterocycles. The molecule has 2 aromatic heterocycles. The van der Waals surface area contributed by atoms with Gasteiger partial charge in [-0.3, -0.25) is 4.90 Å². The number of benzene rings is 2. The van der Waals surface area contributed by atoms with Crippen molar-refractivity contribution in [2.75, 3.05) is 7.05 Å². The fraction of sp³-hybridized carbons (Fsp3) is 0.250. The van der Waals surface area contributed by atoms with Gasteiger partial charge in [0.15, 0.2) is 0 Å². The summed E-state index contributed by atoms with van der Waals surface area (Å²) < 4.78 is 8.67. The van der Waals surface area contributed by atoms with Gasteiger partial charge in [0.25, 0.3) is 4.84 Å². The van der Waals surface area contributed by atoms with Crippen molar-refractivity contribution in [3.8, 4) is 11.5 Å². The second-order valence-corrected chi connectivity index (χ2v) is 7.99. The summed E-state index contributed by atoms with van der Waals surface area (Å²) in [5, 5.41) is 5.66. The van der Waals surface area contributed by atoms with Crippen LogP contribution < -0.4 is 0 Å². The predicted molar refractivity (Wildman–Crippen MR) is 111 cm³/mol. The zero-order valence-corrected chi connectivity index (χ0v) is 17.0. The zero-order chi connectivity index (χ0) is 19.0. The molecule has 0 bridgehead atoms. The van der Waals surface area contributed by atoms with E-state index in [4.69, 9.17) is 21.6 Å². The quantitative estimate of drug-likeness (QED) is 0.420. The third-order valence-electron chi connectivity index (χ3n) is 4.67. The van der Waals surface area contributed by atoms with Crippen LogP contribution in [0.25, 0.3) is 21.7 Å². The first kappa shape index (κ1) is 18.0. The Kier molecular flexibility index (Phi) is 4.90. The maximum atomic E-state index is 5.74. The highest BCUT2D eigenvalue weighted by Gasteiger charge is 2.18. The lowest BCUT2D eigenvalue weighted by Crippen LogP contribution is -2.26. The largest absolute Gasteiger partial charge is 0.409 e. The van der Waals surface area contributed by atoms with Crippen LogP contribution in [0.15, 0.2) is 52.9 Å². The van der Waals surface area contributed by atoms with Crippen molar-refractivity contribution in [1.82, 2.24) is 19.7 Å². The van der Waals surface area contributed by atoms with Gasteiger partial charge in [-0.2, -0.15) is 0 Å². The molecule has 0 amide bonds. The van der Waals surface area contributed by atoms with Gasteiger partial charge in [0.1, 0.15) is 5.01 Å². The molecule has 0 saturated carbocycles. The third-order valence-corrected chi connectivity index (χ3v) is 6.17. The second kappa shape index (κ2) is 7.34. The third kappa shape index (κ3) is 3.58. The van der Waals surface area contributed by atoms with Crippen molar-refractivity contribution >= 4 is 33.8 Å². The maximum absolute atomic E-state index is 5.74. The number of fused-ring (bicyclic) bond motifs is 1. The van der Waals surface area contributed by atoms with Gasteiger partial charge in [0.05, 0.1) is 22.9 Å². The van der Waals surface area contributed by atoms with Gasteiger partial charge in [-0.25, -0.2) is 9.67 Å². The Hall–Kier alpha value is -2.35. The van der Waals surface area contributed by atoms with Gasteiger partial charge < -0.3 is 4.42 Å². The highest BCUT2D eigenvalue weighted by atomic mass is 32.1. The summed E-state index contributed by atoms with van der Waals surface area (Å²) in [5.41, 5.74) is 3.11. The van der Waals surface area contributed by atoms with E-state index in [-0.39, 0.29) is 6.04 Å². The number of para-hydroxylation sites is 1. The Morgan fingerprint density at radius 1 is 1.19 bits per heavy atom. The number of thiazole rings is 1. The molecule has 2 aromatic carbocycles. The zero-order valence-electron chi connectivity index (χ0n) is 15.4. The summed E-state index contributed by atoms with van der Waals surface area (Å²) in [7, 11) is 2.04. The highest BCUT2D eigenvalue weighted by Crippen LogP contribution is 2.29. The molecule has 0 aliphatic rings. The molecule has 0 fully saturated rings. The summed E-state index contributed by atoms with van der Waals surface area (Å²) in [6, 6.07) is 16.3. The van der Waals surface area contributed by atoms with Crippen LogP contribution in [0.1, 0.15) is 23.5 Å². The smallest absolute Gasteiger partial charge is 0.288 e. The van der Waals surface area contributed by atoms with Crippen molar-refractivity contribution in [3.63, 3.8) is 0 Å². The summed E-state index contributed by atoms with van der Waals surface area (Å²) in [6.07, 6.45) is 0. The molecule has 138 valence electrons. The van der Waals surface area contributed by atoms with E-state index in [9.17, 15) is 0 Å². The lowest BCUT2D eigenvalue weighted by molar-refractivity contribution is 0.192. The van der Waals surface area contributed by atoms with Gasteiger partial charge in [-0.15, -0.1) is 16.4 Å². The lowest BCUT2D eigenvalue weighted by atomic mass is 10.1. The molecule has 0 spiro atoms. The SMILES string of the molecule is Cc1ccccc1-c1nn(CN(C)[C@H](C)c2nc3ccccc3s2)c(=S)o1. The standard InChI is InChI=1S/C20H20N4OS2/c1-13-8-4-5-9-15(13)18-22-24(20(26)25-18)12-23(3)14(2)19-21-16-10-6-7-11-17(16)27-19/h4-11,14H,12H2,1-3H3/t14-/m1/s1. The Morgan fingerprint density at radius 2 is 1.93 bits per heavy atom. The van der Waals surface area contributed by atoms with Crippen LogP contribution in [0.5, 0.6) is 0 Å². The van der Waals surface area contributed by atoms with Gasteiger partial charge in [-0.1, -0.05) is 30.3 Å². The molecule has 7 heteroatoms. The van der Waals surface area contributed by atoms with Crippen LogP contribution in [0.2, 0.25) is 0 Å². The molecule has 0 unspecified atom stereocenters. The molecular formula is C20H20N4OS2. The first-order chi connectivity index (χ1) is 13.0. The van der Waals surface area contributed by atoms with Gasteiger partial charge in [0, 0.05) is 5.56 Å². The molecule has 0 saturated heterocycles. The molecule has 0 aliphatic carbocycles. The van der Waals surface area contributed by atoms with E-state index in [1.807, 2.05) is 56.4 Å². The minimum Gasteiger partial charge on any atom is -0.409 e. The van der Waals surface area contributed by atoms with E-state index in [1.54, 1.807) is 16.0 Å². The topological polar surface area (TPSA) is 47.1 Å². The number of aromatic nitrogens is 3. The fourth-order valence-corrected chi connectivity index (χ4v) is 4.17. The summed E-state index contributed by atoms with van der Waals surface area (Å²) in [5.74, 6) is 0.555. The monoisotopic (exact) mass is 396 g/mol. The average molecular weight is 397 g/mol. The molecule has 4 rings (SSSR count). The summed E-state index contributed by atoms with van der Waals surface area (Å²) >= 11 is 7.10. The molecule has 0 N–H and O–H groups in total. The minimum absolute atomic E-state index is 0.142. The van der Waals surface area contributed by atoms with Crippen molar-refractivity contribution < 1.29 is 4.42 Å². The predicted octanol–water partition coefficient (Wildman–Crippen LogP) is 5.44. The Balaban J connectivity index is 1.56. The van der Waals surface area contributed by atoms with E-state index in [0.717, 1.165) is 21.7 Å². The number of hydrogen-bond acceptors (Lipinski definition) is 6. The Labute approximate surface area is 166 Å². The van der Waals surface area contributed by atoms with Crippen LogP contribution in [0.4, 0.5) is 0 Å². The normalized spacial score (nSPS) is 12.7.